The van der Waals surface area contributed by atoms with E-state index in [4.69, 9.17) is 28.3 Å². The van der Waals surface area contributed by atoms with Gasteiger partial charge < -0.3 is 5.11 Å². The highest BCUT2D eigenvalue weighted by Crippen LogP contribution is 2.32. The molecule has 0 bridgehead atoms. The summed E-state index contributed by atoms with van der Waals surface area (Å²) in [5.74, 6) is -0.860. The molecule has 0 amide bonds. The number of carboxylic acid groups (broad SMARTS) is 1. The predicted octanol–water partition coefficient (Wildman–Crippen LogP) is 3.56. The number of thioether (sulfide) groups is 1. The molecule has 0 aromatic heterocycles. The highest BCUT2D eigenvalue weighted by Gasteiger charge is 2.14. The number of benzene rings is 1. The summed E-state index contributed by atoms with van der Waals surface area (Å²) >= 11 is 12.8. The molecule has 1 atom stereocenters. The Hall–Kier alpha value is -0.380. The van der Waals surface area contributed by atoms with E-state index in [1.807, 2.05) is 0 Å². The average molecular weight is 251 g/mol. The Balaban J connectivity index is 2.82. The standard InChI is InChI=1S/C9H8Cl2O2S/c1-5(9(12)13)14-8-3-2-6(10)4-7(8)11/h2-5H,1H3,(H,12,13)/t5-/m1/s1. The van der Waals surface area contributed by atoms with Crippen molar-refractivity contribution >= 4 is 40.9 Å². The summed E-state index contributed by atoms with van der Waals surface area (Å²) < 4.78 is 0. The molecule has 1 aromatic rings. The van der Waals surface area contributed by atoms with Crippen molar-refractivity contribution in [2.75, 3.05) is 0 Å². The van der Waals surface area contributed by atoms with Gasteiger partial charge in [-0.3, -0.25) is 4.79 Å². The van der Waals surface area contributed by atoms with E-state index < -0.39 is 11.2 Å². The second kappa shape index (κ2) is 4.91. The minimum absolute atomic E-state index is 0.482. The number of halogens is 2. The first-order valence-electron chi connectivity index (χ1n) is 3.85. The van der Waals surface area contributed by atoms with Crippen molar-refractivity contribution in [1.82, 2.24) is 0 Å². The molecule has 2 nitrogen and oxygen atoms in total. The molecule has 0 saturated heterocycles. The summed E-state index contributed by atoms with van der Waals surface area (Å²) in [6.45, 7) is 1.61. The summed E-state index contributed by atoms with van der Waals surface area (Å²) in [7, 11) is 0. The zero-order chi connectivity index (χ0) is 10.7. The molecule has 0 spiro atoms. The molecule has 0 unspecified atom stereocenters. The molecular weight excluding hydrogens is 243 g/mol. The van der Waals surface area contributed by atoms with Crippen molar-refractivity contribution in [1.29, 1.82) is 0 Å². The van der Waals surface area contributed by atoms with E-state index in [0.29, 0.717) is 10.0 Å². The van der Waals surface area contributed by atoms with Crippen LogP contribution in [0, 0.1) is 0 Å². The fraction of sp³-hybridized carbons (Fsp3) is 0.222. The Labute approximate surface area is 96.2 Å². The molecule has 0 aliphatic heterocycles. The molecule has 0 radical (unpaired) electrons. The molecule has 1 N–H and O–H groups in total. The van der Waals surface area contributed by atoms with Gasteiger partial charge in [-0.1, -0.05) is 23.2 Å². The molecule has 0 aliphatic carbocycles. The van der Waals surface area contributed by atoms with Gasteiger partial charge in [0.1, 0.15) is 5.25 Å². The first-order valence-corrected chi connectivity index (χ1v) is 5.49. The lowest BCUT2D eigenvalue weighted by atomic mass is 10.4. The molecule has 76 valence electrons. The van der Waals surface area contributed by atoms with Crippen molar-refractivity contribution in [3.05, 3.63) is 28.2 Å². The van der Waals surface area contributed by atoms with E-state index in [-0.39, 0.29) is 0 Å². The van der Waals surface area contributed by atoms with E-state index in [1.165, 1.54) is 11.8 Å². The maximum atomic E-state index is 10.6. The Morgan fingerprint density at radius 3 is 2.64 bits per heavy atom. The quantitative estimate of drug-likeness (QED) is 0.834. The van der Waals surface area contributed by atoms with Crippen LogP contribution < -0.4 is 0 Å². The highest BCUT2D eigenvalue weighted by molar-refractivity contribution is 8.00. The summed E-state index contributed by atoms with van der Waals surface area (Å²) in [5.41, 5.74) is 0. The molecule has 1 rings (SSSR count). The van der Waals surface area contributed by atoms with Crippen LogP contribution in [0.3, 0.4) is 0 Å². The van der Waals surface area contributed by atoms with E-state index in [9.17, 15) is 4.79 Å². The van der Waals surface area contributed by atoms with Crippen LogP contribution in [0.1, 0.15) is 6.92 Å². The van der Waals surface area contributed by atoms with Crippen molar-refractivity contribution in [2.24, 2.45) is 0 Å². The van der Waals surface area contributed by atoms with Crippen LogP contribution in [0.15, 0.2) is 23.1 Å². The number of aliphatic carboxylic acids is 1. The summed E-state index contributed by atoms with van der Waals surface area (Å²) in [6, 6.07) is 5.00. The predicted molar refractivity (Wildman–Crippen MR) is 59.4 cm³/mol. The van der Waals surface area contributed by atoms with Gasteiger partial charge in [0.05, 0.1) is 5.02 Å². The fourth-order valence-corrected chi connectivity index (χ4v) is 2.15. The first kappa shape index (κ1) is 11.7. The van der Waals surface area contributed by atoms with Crippen molar-refractivity contribution in [3.8, 4) is 0 Å². The van der Waals surface area contributed by atoms with Crippen LogP contribution in [-0.2, 0) is 4.79 Å². The van der Waals surface area contributed by atoms with Gasteiger partial charge in [0.2, 0.25) is 0 Å². The van der Waals surface area contributed by atoms with Crippen LogP contribution in [-0.4, -0.2) is 16.3 Å². The highest BCUT2D eigenvalue weighted by atomic mass is 35.5. The summed E-state index contributed by atoms with van der Waals surface area (Å²) in [4.78, 5) is 11.3. The Morgan fingerprint density at radius 1 is 1.50 bits per heavy atom. The van der Waals surface area contributed by atoms with E-state index >= 15 is 0 Å². The van der Waals surface area contributed by atoms with Crippen LogP contribution in [0.2, 0.25) is 10.0 Å². The summed E-state index contributed by atoms with van der Waals surface area (Å²) in [5, 5.41) is 9.20. The fourth-order valence-electron chi connectivity index (χ4n) is 0.812. The maximum absolute atomic E-state index is 10.6. The lowest BCUT2D eigenvalue weighted by Gasteiger charge is -2.07. The number of hydrogen-bond donors (Lipinski definition) is 1. The molecule has 1 aromatic carbocycles. The van der Waals surface area contributed by atoms with Gasteiger partial charge in [0.25, 0.3) is 0 Å². The van der Waals surface area contributed by atoms with Gasteiger partial charge in [-0.05, 0) is 25.1 Å². The van der Waals surface area contributed by atoms with Gasteiger partial charge in [0, 0.05) is 9.92 Å². The van der Waals surface area contributed by atoms with Crippen molar-refractivity contribution < 1.29 is 9.90 Å². The van der Waals surface area contributed by atoms with Gasteiger partial charge in [-0.25, -0.2) is 0 Å². The Morgan fingerprint density at radius 2 is 2.14 bits per heavy atom. The van der Waals surface area contributed by atoms with Crippen LogP contribution in [0.25, 0.3) is 0 Å². The Kier molecular flexibility index (Phi) is 4.11. The first-order chi connectivity index (χ1) is 6.50. The van der Waals surface area contributed by atoms with Gasteiger partial charge in [-0.15, -0.1) is 11.8 Å². The topological polar surface area (TPSA) is 37.3 Å². The second-order valence-corrected chi connectivity index (χ2v) is 4.90. The van der Waals surface area contributed by atoms with E-state index in [0.717, 1.165) is 4.90 Å². The third-order valence-corrected chi connectivity index (χ3v) is 3.37. The number of hydrogen-bond acceptors (Lipinski definition) is 2. The zero-order valence-corrected chi connectivity index (χ0v) is 9.66. The smallest absolute Gasteiger partial charge is 0.316 e. The van der Waals surface area contributed by atoms with Crippen LogP contribution in [0.5, 0.6) is 0 Å². The maximum Gasteiger partial charge on any atom is 0.316 e. The largest absolute Gasteiger partial charge is 0.480 e. The minimum Gasteiger partial charge on any atom is -0.480 e. The molecule has 5 heteroatoms. The third kappa shape index (κ3) is 3.08. The normalized spacial score (nSPS) is 12.5. The van der Waals surface area contributed by atoms with Crippen molar-refractivity contribution in [2.45, 2.75) is 17.1 Å². The monoisotopic (exact) mass is 250 g/mol. The molecular formula is C9H8Cl2O2S. The summed E-state index contributed by atoms with van der Waals surface area (Å²) in [6.07, 6.45) is 0. The lowest BCUT2D eigenvalue weighted by molar-refractivity contribution is -0.136. The second-order valence-electron chi connectivity index (χ2n) is 2.67. The Bertz CT molecular complexity index is 355. The molecule has 0 fully saturated rings. The van der Waals surface area contributed by atoms with Gasteiger partial charge in [-0.2, -0.15) is 0 Å². The third-order valence-electron chi connectivity index (χ3n) is 1.55. The molecule has 0 heterocycles. The van der Waals surface area contributed by atoms with Gasteiger partial charge in [0.15, 0.2) is 0 Å². The molecule has 0 saturated carbocycles. The average Bonchev–Trinajstić information content (AvgIpc) is 2.09. The number of carbonyl (C=O) groups is 1. The van der Waals surface area contributed by atoms with Crippen LogP contribution in [0.4, 0.5) is 0 Å². The lowest BCUT2D eigenvalue weighted by Crippen LogP contribution is -2.11. The van der Waals surface area contributed by atoms with E-state index in [2.05, 4.69) is 0 Å². The van der Waals surface area contributed by atoms with Gasteiger partial charge >= 0.3 is 5.97 Å². The molecule has 14 heavy (non-hydrogen) atoms. The zero-order valence-electron chi connectivity index (χ0n) is 7.33. The minimum atomic E-state index is -0.860. The number of rotatable bonds is 3. The van der Waals surface area contributed by atoms with Crippen molar-refractivity contribution in [3.63, 3.8) is 0 Å². The van der Waals surface area contributed by atoms with Crippen LogP contribution >= 0.6 is 35.0 Å². The molecule has 0 aliphatic rings. The number of carboxylic acids is 1. The SMILES string of the molecule is C[C@@H](Sc1ccc(Cl)cc1Cl)C(=O)O. The van der Waals surface area contributed by atoms with E-state index in [1.54, 1.807) is 25.1 Å².